The lowest BCUT2D eigenvalue weighted by atomic mass is 10.1. The number of hydrogen-bond donors (Lipinski definition) is 0. The third-order valence-electron chi connectivity index (χ3n) is 2.88. The number of methoxy groups -OCH3 is 1. The Morgan fingerprint density at radius 2 is 1.45 bits per heavy atom. The summed E-state index contributed by atoms with van der Waals surface area (Å²) in [4.78, 5) is 24.8. The van der Waals surface area contributed by atoms with Crippen LogP contribution in [0.3, 0.4) is 0 Å². The zero-order valence-corrected chi connectivity index (χ0v) is 11.4. The molecule has 0 saturated heterocycles. The first-order chi connectivity index (χ1) is 9.63. The lowest BCUT2D eigenvalue weighted by molar-refractivity contribution is -0.115. The molecule has 0 aliphatic heterocycles. The molecular weight excluding hydrogens is 254 g/mol. The highest BCUT2D eigenvalue weighted by Crippen LogP contribution is 2.25. The van der Waals surface area contributed by atoms with Crippen LogP contribution in [0.15, 0.2) is 54.6 Å². The molecule has 0 aliphatic rings. The highest BCUT2D eigenvalue weighted by atomic mass is 16.5. The molecule has 0 radical (unpaired) electrons. The van der Waals surface area contributed by atoms with Gasteiger partial charge in [0, 0.05) is 18.3 Å². The minimum absolute atomic E-state index is 0.0954. The van der Waals surface area contributed by atoms with E-state index in [1.807, 2.05) is 30.3 Å². The molecule has 0 fully saturated rings. The van der Waals surface area contributed by atoms with Gasteiger partial charge in [-0.25, -0.2) is 4.79 Å². The molecule has 0 bridgehead atoms. The number of para-hydroxylation sites is 1. The van der Waals surface area contributed by atoms with Gasteiger partial charge < -0.3 is 4.74 Å². The fourth-order valence-electron chi connectivity index (χ4n) is 1.95. The van der Waals surface area contributed by atoms with Crippen LogP contribution in [0.5, 0.6) is 0 Å². The molecule has 0 saturated carbocycles. The Labute approximate surface area is 117 Å². The van der Waals surface area contributed by atoms with Crippen LogP contribution in [0.4, 0.5) is 11.4 Å². The highest BCUT2D eigenvalue weighted by molar-refractivity contribution is 5.99. The molecule has 0 aromatic heterocycles. The first-order valence-electron chi connectivity index (χ1n) is 6.17. The number of nitrogens with zero attached hydrogens (tertiary/aromatic N) is 1. The standard InChI is InChI=1S/C16H15NO3/c1-12(18)17(14-6-4-3-5-7-14)15-10-8-13(9-11-15)16(19)20-2/h3-11H,1-2H3. The van der Waals surface area contributed by atoms with E-state index in [1.165, 1.54) is 14.0 Å². The summed E-state index contributed by atoms with van der Waals surface area (Å²) in [5.41, 5.74) is 1.94. The number of hydrogen-bond acceptors (Lipinski definition) is 3. The number of benzene rings is 2. The maximum Gasteiger partial charge on any atom is 0.337 e. The Balaban J connectivity index is 2.36. The van der Waals surface area contributed by atoms with Crippen molar-refractivity contribution in [1.29, 1.82) is 0 Å². The number of anilines is 2. The zero-order chi connectivity index (χ0) is 14.5. The molecule has 4 nitrogen and oxygen atoms in total. The summed E-state index contributed by atoms with van der Waals surface area (Å²) < 4.78 is 4.65. The second kappa shape index (κ2) is 6.02. The van der Waals surface area contributed by atoms with Crippen molar-refractivity contribution < 1.29 is 14.3 Å². The first kappa shape index (κ1) is 13.8. The normalized spacial score (nSPS) is 9.90. The van der Waals surface area contributed by atoms with Crippen molar-refractivity contribution >= 4 is 23.3 Å². The van der Waals surface area contributed by atoms with Gasteiger partial charge in [0.25, 0.3) is 0 Å². The molecule has 0 heterocycles. The van der Waals surface area contributed by atoms with Crippen molar-refractivity contribution in [3.63, 3.8) is 0 Å². The van der Waals surface area contributed by atoms with Crippen LogP contribution < -0.4 is 4.90 Å². The third kappa shape index (κ3) is 2.85. The van der Waals surface area contributed by atoms with Gasteiger partial charge in [0.15, 0.2) is 0 Å². The molecule has 0 atom stereocenters. The van der Waals surface area contributed by atoms with Crippen LogP contribution in [0, 0.1) is 0 Å². The molecule has 1 amide bonds. The highest BCUT2D eigenvalue weighted by Gasteiger charge is 2.14. The molecule has 4 heteroatoms. The Kier molecular flexibility index (Phi) is 4.15. The number of carbonyl (C=O) groups is 2. The van der Waals surface area contributed by atoms with E-state index in [9.17, 15) is 9.59 Å². The quantitative estimate of drug-likeness (QED) is 0.804. The monoisotopic (exact) mass is 269 g/mol. The van der Waals surface area contributed by atoms with E-state index in [-0.39, 0.29) is 5.91 Å². The van der Waals surface area contributed by atoms with Gasteiger partial charge >= 0.3 is 5.97 Å². The average Bonchev–Trinajstić information content (AvgIpc) is 2.48. The van der Waals surface area contributed by atoms with Crippen LogP contribution >= 0.6 is 0 Å². The van der Waals surface area contributed by atoms with E-state index in [2.05, 4.69) is 4.74 Å². The van der Waals surface area contributed by atoms with Crippen LogP contribution in [0.25, 0.3) is 0 Å². The number of amides is 1. The molecule has 20 heavy (non-hydrogen) atoms. The first-order valence-corrected chi connectivity index (χ1v) is 6.17. The predicted molar refractivity (Wildman–Crippen MR) is 77.0 cm³/mol. The van der Waals surface area contributed by atoms with E-state index in [1.54, 1.807) is 29.2 Å². The minimum atomic E-state index is -0.398. The third-order valence-corrected chi connectivity index (χ3v) is 2.88. The van der Waals surface area contributed by atoms with Gasteiger partial charge in [0.05, 0.1) is 12.7 Å². The van der Waals surface area contributed by atoms with E-state index >= 15 is 0 Å². The van der Waals surface area contributed by atoms with Crippen molar-refractivity contribution in [2.45, 2.75) is 6.92 Å². The topological polar surface area (TPSA) is 46.6 Å². The Morgan fingerprint density at radius 3 is 1.95 bits per heavy atom. The minimum Gasteiger partial charge on any atom is -0.465 e. The Bertz CT molecular complexity index is 605. The fraction of sp³-hybridized carbons (Fsp3) is 0.125. The molecular formula is C16H15NO3. The largest absolute Gasteiger partial charge is 0.465 e. The summed E-state index contributed by atoms with van der Waals surface area (Å²) in [5.74, 6) is -0.493. The van der Waals surface area contributed by atoms with E-state index in [0.29, 0.717) is 11.3 Å². The van der Waals surface area contributed by atoms with Gasteiger partial charge in [-0.1, -0.05) is 18.2 Å². The van der Waals surface area contributed by atoms with Crippen LogP contribution in [0.2, 0.25) is 0 Å². The van der Waals surface area contributed by atoms with Gasteiger partial charge in [-0.2, -0.15) is 0 Å². The van der Waals surface area contributed by atoms with Gasteiger partial charge in [0.1, 0.15) is 0 Å². The van der Waals surface area contributed by atoms with Crippen LogP contribution in [-0.2, 0) is 9.53 Å². The summed E-state index contributed by atoms with van der Waals surface area (Å²) in [6.45, 7) is 1.50. The van der Waals surface area contributed by atoms with E-state index < -0.39 is 5.97 Å². The van der Waals surface area contributed by atoms with Crippen molar-refractivity contribution in [2.75, 3.05) is 12.0 Å². The number of ether oxygens (including phenoxy) is 1. The van der Waals surface area contributed by atoms with Crippen molar-refractivity contribution in [2.24, 2.45) is 0 Å². The van der Waals surface area contributed by atoms with Crippen LogP contribution in [-0.4, -0.2) is 19.0 Å². The number of rotatable bonds is 3. The second-order valence-electron chi connectivity index (χ2n) is 4.23. The molecule has 102 valence electrons. The predicted octanol–water partition coefficient (Wildman–Crippen LogP) is 3.16. The van der Waals surface area contributed by atoms with Crippen molar-refractivity contribution in [3.05, 3.63) is 60.2 Å². The molecule has 2 rings (SSSR count). The molecule has 0 unspecified atom stereocenters. The lowest BCUT2D eigenvalue weighted by Gasteiger charge is -2.21. The van der Waals surface area contributed by atoms with Crippen molar-refractivity contribution in [1.82, 2.24) is 0 Å². The summed E-state index contributed by atoms with van der Waals surface area (Å²) in [5, 5.41) is 0. The van der Waals surface area contributed by atoms with Crippen LogP contribution in [0.1, 0.15) is 17.3 Å². The van der Waals surface area contributed by atoms with Gasteiger partial charge in [-0.05, 0) is 36.4 Å². The second-order valence-corrected chi connectivity index (χ2v) is 4.23. The summed E-state index contributed by atoms with van der Waals surface area (Å²) in [7, 11) is 1.34. The molecule has 2 aromatic rings. The number of esters is 1. The lowest BCUT2D eigenvalue weighted by Crippen LogP contribution is -2.22. The Hall–Kier alpha value is -2.62. The Morgan fingerprint density at radius 1 is 0.900 bits per heavy atom. The SMILES string of the molecule is COC(=O)c1ccc(N(C(C)=O)c2ccccc2)cc1. The maximum absolute atomic E-state index is 11.9. The van der Waals surface area contributed by atoms with Gasteiger partial charge in [-0.3, -0.25) is 9.69 Å². The van der Waals surface area contributed by atoms with Gasteiger partial charge in [-0.15, -0.1) is 0 Å². The summed E-state index contributed by atoms with van der Waals surface area (Å²) >= 11 is 0. The van der Waals surface area contributed by atoms with Crippen molar-refractivity contribution in [3.8, 4) is 0 Å². The number of carbonyl (C=O) groups excluding carboxylic acids is 2. The fourth-order valence-corrected chi connectivity index (χ4v) is 1.95. The van der Waals surface area contributed by atoms with E-state index in [4.69, 9.17) is 0 Å². The molecule has 0 N–H and O–H groups in total. The zero-order valence-electron chi connectivity index (χ0n) is 11.4. The van der Waals surface area contributed by atoms with Gasteiger partial charge in [0.2, 0.25) is 5.91 Å². The van der Waals surface area contributed by atoms with E-state index in [0.717, 1.165) is 5.69 Å². The smallest absolute Gasteiger partial charge is 0.337 e. The molecule has 0 aliphatic carbocycles. The summed E-state index contributed by atoms with van der Waals surface area (Å²) in [6, 6.07) is 16.1. The molecule has 0 spiro atoms. The summed E-state index contributed by atoms with van der Waals surface area (Å²) in [6.07, 6.45) is 0. The molecule has 2 aromatic carbocycles. The maximum atomic E-state index is 11.9. The average molecular weight is 269 g/mol.